The molecule has 0 aromatic rings. The quantitative estimate of drug-likeness (QED) is 0.383. The molecule has 1 aliphatic rings. The minimum Gasteiger partial charge on any atom is -1.00 e. The molecule has 0 aromatic carbocycles. The van der Waals surface area contributed by atoms with Crippen LogP contribution in [0.2, 0.25) is 0 Å². The fourth-order valence-corrected chi connectivity index (χ4v) is 0.276. The van der Waals surface area contributed by atoms with Gasteiger partial charge in [0.15, 0.2) is 6.26 Å². The van der Waals surface area contributed by atoms with E-state index in [-0.39, 0.29) is 31.9 Å². The zero-order valence-corrected chi connectivity index (χ0v) is 8.12. The third-order valence-electron chi connectivity index (χ3n) is 0.518. The molecule has 0 saturated carbocycles. The van der Waals surface area contributed by atoms with Crippen LogP contribution in [0.5, 0.6) is 0 Å². The summed E-state index contributed by atoms with van der Waals surface area (Å²) in [7, 11) is 0. The standard InChI is InChI=1S/C4H5O2.ClH.Zn/c1-2-6-4-3-5-1;;/h1H,3-4H2;1H;/p-1. The third kappa shape index (κ3) is 4.41. The Labute approximate surface area is 67.4 Å². The molecule has 0 aliphatic carbocycles. The van der Waals surface area contributed by atoms with E-state index in [1.54, 1.807) is 0 Å². The summed E-state index contributed by atoms with van der Waals surface area (Å²) in [6, 6.07) is 0. The maximum atomic E-state index is 4.71. The number of halogens is 1. The van der Waals surface area contributed by atoms with Gasteiger partial charge in [-0.15, -0.1) is 0 Å². The Hall–Kier alpha value is 0.253. The molecule has 1 rings (SSSR count). The van der Waals surface area contributed by atoms with E-state index in [9.17, 15) is 0 Å². The van der Waals surface area contributed by atoms with Crippen molar-refractivity contribution in [3.05, 3.63) is 12.5 Å². The Morgan fingerprint density at radius 1 is 1.38 bits per heavy atom. The summed E-state index contributed by atoms with van der Waals surface area (Å²) < 4.78 is 9.35. The first-order chi connectivity index (χ1) is 3.00. The first-order valence-electron chi connectivity index (χ1n) is 1.81. The van der Waals surface area contributed by atoms with Crippen LogP contribution >= 0.6 is 0 Å². The Kier molecular flexibility index (Phi) is 10.1. The van der Waals surface area contributed by atoms with Crippen molar-refractivity contribution in [3.63, 3.8) is 0 Å². The minimum absolute atomic E-state index is 0. The van der Waals surface area contributed by atoms with Gasteiger partial charge in [-0.25, -0.2) is 0 Å². The van der Waals surface area contributed by atoms with Gasteiger partial charge in [0.1, 0.15) is 19.5 Å². The molecule has 0 aromatic heterocycles. The monoisotopic (exact) mass is 184 g/mol. The fraction of sp³-hybridized carbons (Fsp3) is 0.500. The van der Waals surface area contributed by atoms with Gasteiger partial charge in [0.25, 0.3) is 0 Å². The van der Waals surface area contributed by atoms with Crippen molar-refractivity contribution < 1.29 is 41.4 Å². The smallest absolute Gasteiger partial charge is 0.199 e. The molecule has 8 heavy (non-hydrogen) atoms. The van der Waals surface area contributed by atoms with E-state index in [1.165, 1.54) is 6.26 Å². The van der Waals surface area contributed by atoms with Crippen molar-refractivity contribution in [1.82, 2.24) is 0 Å². The average molecular weight is 186 g/mol. The average Bonchev–Trinajstić information content (AvgIpc) is 1.72. The fourth-order valence-electron chi connectivity index (χ4n) is 0.276. The zero-order valence-electron chi connectivity index (χ0n) is 4.39. The van der Waals surface area contributed by atoms with Crippen molar-refractivity contribution in [1.29, 1.82) is 0 Å². The molecule has 0 amide bonds. The molecule has 0 N–H and O–H groups in total. The van der Waals surface area contributed by atoms with Gasteiger partial charge in [0, 0.05) is 19.5 Å². The molecule has 0 spiro atoms. The Bertz CT molecular complexity index is 59.1. The Morgan fingerprint density at radius 2 is 2.12 bits per heavy atom. The molecule has 2 nitrogen and oxygen atoms in total. The third-order valence-corrected chi connectivity index (χ3v) is 0.518. The molecule has 0 saturated heterocycles. The van der Waals surface area contributed by atoms with Gasteiger partial charge >= 0.3 is 0 Å². The summed E-state index contributed by atoms with van der Waals surface area (Å²) in [4.78, 5) is 0. The first kappa shape index (κ1) is 11.1. The minimum atomic E-state index is 0. The van der Waals surface area contributed by atoms with Gasteiger partial charge in [0.05, 0.1) is 0 Å². The van der Waals surface area contributed by atoms with Crippen LogP contribution in [0.4, 0.5) is 0 Å². The van der Waals surface area contributed by atoms with E-state index in [2.05, 4.69) is 11.0 Å². The van der Waals surface area contributed by atoms with Gasteiger partial charge in [-0.1, -0.05) is 0 Å². The SMILES string of the molecule is [C]1=COCCO1.[Cl-].[Zn]. The topological polar surface area (TPSA) is 18.5 Å². The van der Waals surface area contributed by atoms with Gasteiger partial charge in [-0.2, -0.15) is 0 Å². The molecule has 0 atom stereocenters. The van der Waals surface area contributed by atoms with E-state index in [4.69, 9.17) is 4.74 Å². The second-order valence-electron chi connectivity index (χ2n) is 0.955. The maximum absolute atomic E-state index is 4.71. The summed E-state index contributed by atoms with van der Waals surface area (Å²) in [6.07, 6.45) is 3.86. The summed E-state index contributed by atoms with van der Waals surface area (Å²) in [6.45, 7) is 1.30. The van der Waals surface area contributed by atoms with Gasteiger partial charge in [0.2, 0.25) is 0 Å². The number of hydrogen-bond donors (Lipinski definition) is 0. The first-order valence-corrected chi connectivity index (χ1v) is 1.81. The summed E-state index contributed by atoms with van der Waals surface area (Å²) >= 11 is 0. The predicted molar refractivity (Wildman–Crippen MR) is 19.7 cm³/mol. The molecule has 1 radical (unpaired) electrons. The van der Waals surface area contributed by atoms with E-state index in [1.807, 2.05) is 0 Å². The van der Waals surface area contributed by atoms with Crippen LogP contribution in [-0.4, -0.2) is 13.2 Å². The van der Waals surface area contributed by atoms with Crippen LogP contribution in [0.15, 0.2) is 6.26 Å². The molecule has 0 unspecified atom stereocenters. The Balaban J connectivity index is 0. The van der Waals surface area contributed by atoms with Crippen LogP contribution < -0.4 is 12.4 Å². The van der Waals surface area contributed by atoms with Gasteiger partial charge in [-0.05, 0) is 0 Å². The molecule has 1 aliphatic heterocycles. The summed E-state index contributed by atoms with van der Waals surface area (Å²) in [5, 5.41) is 0. The van der Waals surface area contributed by atoms with Crippen molar-refractivity contribution in [2.24, 2.45) is 0 Å². The number of hydrogen-bond acceptors (Lipinski definition) is 2. The summed E-state index contributed by atoms with van der Waals surface area (Å²) in [5.74, 6) is 0. The normalized spacial score (nSPS) is 14.0. The van der Waals surface area contributed by atoms with E-state index >= 15 is 0 Å². The molecule has 4 heteroatoms. The van der Waals surface area contributed by atoms with Crippen molar-refractivity contribution in [2.75, 3.05) is 13.2 Å². The van der Waals surface area contributed by atoms with E-state index < -0.39 is 0 Å². The maximum Gasteiger partial charge on any atom is 0.199 e. The predicted octanol–water partition coefficient (Wildman–Crippen LogP) is -2.69. The Morgan fingerprint density at radius 3 is 2.25 bits per heavy atom. The molecule has 43 valence electrons. The number of rotatable bonds is 0. The van der Waals surface area contributed by atoms with Crippen molar-refractivity contribution >= 4 is 0 Å². The molecule has 1 heterocycles. The second kappa shape index (κ2) is 7.25. The second-order valence-corrected chi connectivity index (χ2v) is 0.955. The van der Waals surface area contributed by atoms with Crippen molar-refractivity contribution in [2.45, 2.75) is 0 Å². The summed E-state index contributed by atoms with van der Waals surface area (Å²) in [5.41, 5.74) is 0. The van der Waals surface area contributed by atoms with Crippen molar-refractivity contribution in [3.8, 4) is 0 Å². The van der Waals surface area contributed by atoms with Crippen LogP contribution in [0.1, 0.15) is 0 Å². The molecule has 0 fully saturated rings. The van der Waals surface area contributed by atoms with Crippen LogP contribution in [0.3, 0.4) is 0 Å². The molecular formula is C4H5ClO2Zn-. The van der Waals surface area contributed by atoms with Crippen LogP contribution in [0.25, 0.3) is 0 Å². The van der Waals surface area contributed by atoms with Gasteiger partial charge < -0.3 is 21.9 Å². The van der Waals surface area contributed by atoms with Crippen LogP contribution in [0, 0.1) is 6.26 Å². The van der Waals surface area contributed by atoms with E-state index in [0.29, 0.717) is 13.2 Å². The van der Waals surface area contributed by atoms with Crippen LogP contribution in [-0.2, 0) is 29.0 Å². The zero-order chi connectivity index (χ0) is 4.24. The van der Waals surface area contributed by atoms with E-state index in [0.717, 1.165) is 0 Å². The largest absolute Gasteiger partial charge is 1.00 e. The molecule has 0 bridgehead atoms. The number of ether oxygens (including phenoxy) is 2. The molecular weight excluding hydrogens is 181 g/mol. The van der Waals surface area contributed by atoms with Gasteiger partial charge in [-0.3, -0.25) is 0 Å².